The molecule has 9 heavy (non-hydrogen) atoms. The molecule has 0 unspecified atom stereocenters. The third kappa shape index (κ3) is 5.22. The molecule has 1 aromatic carbocycles. The minimum atomic E-state index is 0.763. The second-order valence-corrected chi connectivity index (χ2v) is 1.65. The predicted octanol–water partition coefficient (Wildman–Crippen LogP) is 3.02. The molecule has 0 aromatic heterocycles. The van der Waals surface area contributed by atoms with Crippen LogP contribution in [-0.2, 0) is 12.8 Å². The van der Waals surface area contributed by atoms with Crippen molar-refractivity contribution in [3.63, 3.8) is 0 Å². The summed E-state index contributed by atoms with van der Waals surface area (Å²) >= 11 is 10.4. The van der Waals surface area contributed by atoms with Crippen LogP contribution in [0, 0.1) is 6.07 Å². The van der Waals surface area contributed by atoms with E-state index in [0.29, 0.717) is 0 Å². The molecule has 49 valence electrons. The van der Waals surface area contributed by atoms with Crippen molar-refractivity contribution in [3.05, 3.63) is 35.4 Å². The Bertz CT molecular complexity index is 143. The summed E-state index contributed by atoms with van der Waals surface area (Å²) in [4.78, 5) is 0. The van der Waals surface area contributed by atoms with Crippen LogP contribution in [-0.4, -0.2) is 0 Å². The van der Waals surface area contributed by atoms with Gasteiger partial charge in [-0.3, -0.25) is 0 Å². The van der Waals surface area contributed by atoms with Gasteiger partial charge in [0, 0.05) is 0 Å². The van der Waals surface area contributed by atoms with Gasteiger partial charge in [0.15, 0.2) is 0 Å². The van der Waals surface area contributed by atoms with Gasteiger partial charge in [-0.25, -0.2) is 0 Å². The topological polar surface area (TPSA) is 0 Å². The molecule has 1 rings (SSSR count). The maximum absolute atomic E-state index is 5.52. The van der Waals surface area contributed by atoms with E-state index in [1.807, 2.05) is 20.3 Å². The maximum atomic E-state index is 5.52. The summed E-state index contributed by atoms with van der Waals surface area (Å²) in [6.07, 6.45) is 0. The van der Waals surface area contributed by atoms with E-state index >= 15 is 0 Å². The van der Waals surface area contributed by atoms with Gasteiger partial charge < -0.3 is 0 Å². The van der Waals surface area contributed by atoms with Gasteiger partial charge in [-0.1, -0.05) is 5.02 Å². The Balaban J connectivity index is 0.000000291. The molecule has 0 radical (unpaired) electrons. The summed E-state index contributed by atoms with van der Waals surface area (Å²) in [5.74, 6) is 0. The van der Waals surface area contributed by atoms with Gasteiger partial charge in [0.1, 0.15) is 0 Å². The fourth-order valence-electron chi connectivity index (χ4n) is 0.367. The van der Waals surface area contributed by atoms with Crippen molar-refractivity contribution in [3.8, 4) is 0 Å². The SMILES string of the molecule is Clc1cc[c-]cc1.[Mn+][I]. The number of rotatable bonds is 0. The van der Waals surface area contributed by atoms with Gasteiger partial charge in [0.2, 0.25) is 0 Å². The van der Waals surface area contributed by atoms with Gasteiger partial charge in [-0.2, -0.15) is 30.3 Å². The number of hydrogen-bond donors (Lipinski definition) is 0. The van der Waals surface area contributed by atoms with Crippen molar-refractivity contribution in [1.29, 1.82) is 0 Å². The molecule has 0 heterocycles. The van der Waals surface area contributed by atoms with Gasteiger partial charge in [0.05, 0.1) is 0 Å². The van der Waals surface area contributed by atoms with Crippen molar-refractivity contribution < 1.29 is 12.8 Å². The van der Waals surface area contributed by atoms with Gasteiger partial charge >= 0.3 is 33.1 Å². The first-order chi connectivity index (χ1) is 4.39. The van der Waals surface area contributed by atoms with Crippen LogP contribution in [0.1, 0.15) is 0 Å². The summed E-state index contributed by atoms with van der Waals surface area (Å²) in [5.41, 5.74) is 0. The fourth-order valence-corrected chi connectivity index (χ4v) is 0.493. The second-order valence-electron chi connectivity index (χ2n) is 1.22. The quantitative estimate of drug-likeness (QED) is 0.392. The van der Waals surface area contributed by atoms with Crippen LogP contribution in [0.15, 0.2) is 24.3 Å². The normalized spacial score (nSPS) is 7.33. The molecule has 0 atom stereocenters. The molecule has 0 aliphatic rings. The Hall–Kier alpha value is 0.759. The van der Waals surface area contributed by atoms with Gasteiger partial charge in [0.25, 0.3) is 0 Å². The van der Waals surface area contributed by atoms with Crippen LogP contribution in [0.5, 0.6) is 0 Å². The standard InChI is InChI=1S/C6H4Cl.HI.Mn/c7-6-4-2-1-3-5-6;;/h2-5H;1H;/q-1;;+2/p-1. The first kappa shape index (κ1) is 9.76. The first-order valence-corrected chi connectivity index (χ1v) is 6.34. The van der Waals surface area contributed by atoms with Crippen LogP contribution in [0.3, 0.4) is 0 Å². The third-order valence-corrected chi connectivity index (χ3v) is 0.930. The average molecular weight is 293 g/mol. The Kier molecular flexibility index (Phi) is 7.45. The van der Waals surface area contributed by atoms with Crippen LogP contribution >= 0.6 is 31.9 Å². The second kappa shape index (κ2) is 6.87. The van der Waals surface area contributed by atoms with Crippen molar-refractivity contribution in [2.24, 2.45) is 0 Å². The van der Waals surface area contributed by atoms with Crippen molar-refractivity contribution in [1.82, 2.24) is 0 Å². The van der Waals surface area contributed by atoms with Crippen LogP contribution < -0.4 is 0 Å². The van der Waals surface area contributed by atoms with Crippen molar-refractivity contribution >= 4 is 31.9 Å². The van der Waals surface area contributed by atoms with Crippen LogP contribution in [0.4, 0.5) is 0 Å². The Morgan fingerprint density at radius 2 is 1.78 bits per heavy atom. The molecule has 0 aliphatic carbocycles. The Morgan fingerprint density at radius 1 is 1.33 bits per heavy atom. The van der Waals surface area contributed by atoms with E-state index in [4.69, 9.17) is 11.6 Å². The molecule has 0 fully saturated rings. The van der Waals surface area contributed by atoms with Gasteiger partial charge in [-0.05, 0) is 0 Å². The molecule has 0 saturated carbocycles. The molecule has 1 aromatic rings. The molecule has 3 heteroatoms. The monoisotopic (exact) mass is 293 g/mol. The van der Waals surface area contributed by atoms with E-state index in [-0.39, 0.29) is 0 Å². The molecule has 0 spiro atoms. The van der Waals surface area contributed by atoms with Crippen LogP contribution in [0.25, 0.3) is 0 Å². The summed E-state index contributed by atoms with van der Waals surface area (Å²) in [6, 6.07) is 10.00. The number of halogens is 2. The zero-order chi connectivity index (χ0) is 7.11. The fraction of sp³-hybridized carbons (Fsp3) is 0. The molecule has 0 N–H and O–H groups in total. The van der Waals surface area contributed by atoms with Crippen molar-refractivity contribution in [2.45, 2.75) is 0 Å². The van der Waals surface area contributed by atoms with E-state index < -0.39 is 0 Å². The van der Waals surface area contributed by atoms with Gasteiger partial charge in [-0.15, -0.1) is 11.6 Å². The minimum absolute atomic E-state index is 0.763. The molecule has 0 bridgehead atoms. The first-order valence-electron chi connectivity index (χ1n) is 2.15. The van der Waals surface area contributed by atoms with E-state index in [9.17, 15) is 0 Å². The number of benzene rings is 1. The average Bonchev–Trinajstić information content (AvgIpc) is 1.94. The zero-order valence-corrected chi connectivity index (χ0v) is 8.54. The summed E-state index contributed by atoms with van der Waals surface area (Å²) in [6.45, 7) is 0. The molecular formula is C6H4ClIMn. The molecule has 0 amide bonds. The van der Waals surface area contributed by atoms with E-state index in [1.54, 1.807) is 24.3 Å². The Labute approximate surface area is 79.5 Å². The van der Waals surface area contributed by atoms with Crippen LogP contribution in [0.2, 0.25) is 5.02 Å². The number of hydrogen-bond acceptors (Lipinski definition) is 0. The van der Waals surface area contributed by atoms with E-state index in [1.165, 1.54) is 0 Å². The molecule has 0 nitrogen and oxygen atoms in total. The molecular weight excluding hydrogens is 289 g/mol. The summed E-state index contributed by atoms with van der Waals surface area (Å²) in [7, 11) is 0. The van der Waals surface area contributed by atoms with Crippen molar-refractivity contribution in [2.75, 3.05) is 0 Å². The molecule has 0 aliphatic heterocycles. The Morgan fingerprint density at radius 3 is 2.00 bits per heavy atom. The summed E-state index contributed by atoms with van der Waals surface area (Å²) < 4.78 is 0. The predicted molar refractivity (Wildman–Crippen MR) is 44.3 cm³/mol. The molecule has 0 saturated heterocycles. The zero-order valence-electron chi connectivity index (χ0n) is 4.44. The van der Waals surface area contributed by atoms with E-state index in [0.717, 1.165) is 5.02 Å². The third-order valence-electron chi connectivity index (χ3n) is 0.678. The summed E-state index contributed by atoms with van der Waals surface area (Å²) in [5, 5.41) is 0.763. The van der Waals surface area contributed by atoms with E-state index in [2.05, 4.69) is 18.8 Å².